The van der Waals surface area contributed by atoms with Crippen molar-refractivity contribution in [3.8, 4) is 0 Å². The topological polar surface area (TPSA) is 43.8 Å². The van der Waals surface area contributed by atoms with Crippen molar-refractivity contribution in [3.63, 3.8) is 0 Å². The summed E-state index contributed by atoms with van der Waals surface area (Å²) in [5.74, 6) is 0. The van der Waals surface area contributed by atoms with Crippen LogP contribution >= 0.6 is 0 Å². The standard InChI is InChI=1S/C8H16N2O2/c1-8(2)5-9(3)7(12)10(4)6(8)11/h6,11H,5H2,1-4H3. The van der Waals surface area contributed by atoms with E-state index in [9.17, 15) is 9.90 Å². The van der Waals surface area contributed by atoms with E-state index in [1.54, 1.807) is 19.0 Å². The van der Waals surface area contributed by atoms with Gasteiger partial charge in [0.2, 0.25) is 0 Å². The number of carbonyl (C=O) groups is 1. The highest BCUT2D eigenvalue weighted by molar-refractivity contribution is 5.75. The average Bonchev–Trinajstić information content (AvgIpc) is 1.97. The van der Waals surface area contributed by atoms with Gasteiger partial charge in [-0.1, -0.05) is 13.8 Å². The van der Waals surface area contributed by atoms with Crippen LogP contribution < -0.4 is 0 Å². The third-order valence-electron chi connectivity index (χ3n) is 2.34. The van der Waals surface area contributed by atoms with E-state index in [0.717, 1.165) is 0 Å². The maximum Gasteiger partial charge on any atom is 0.321 e. The molecule has 4 heteroatoms. The minimum atomic E-state index is -0.679. The van der Waals surface area contributed by atoms with Gasteiger partial charge >= 0.3 is 6.03 Å². The van der Waals surface area contributed by atoms with Gasteiger partial charge in [-0.15, -0.1) is 0 Å². The lowest BCUT2D eigenvalue weighted by atomic mass is 9.88. The van der Waals surface area contributed by atoms with Gasteiger partial charge in [0.05, 0.1) is 0 Å². The third kappa shape index (κ3) is 1.27. The molecule has 1 N–H and O–H groups in total. The molecular weight excluding hydrogens is 156 g/mol. The van der Waals surface area contributed by atoms with Gasteiger partial charge in [0.25, 0.3) is 0 Å². The maximum absolute atomic E-state index is 11.3. The summed E-state index contributed by atoms with van der Waals surface area (Å²) in [6.45, 7) is 4.48. The molecule has 70 valence electrons. The number of aliphatic hydroxyl groups excluding tert-OH is 1. The highest BCUT2D eigenvalue weighted by Crippen LogP contribution is 2.28. The number of nitrogens with zero attached hydrogens (tertiary/aromatic N) is 2. The molecule has 0 aromatic carbocycles. The predicted octanol–water partition coefficient (Wildman–Crippen LogP) is 0.328. The fourth-order valence-electron chi connectivity index (χ4n) is 1.66. The number of aliphatic hydroxyl groups is 1. The first-order valence-corrected chi connectivity index (χ1v) is 4.02. The first-order chi connectivity index (χ1) is 5.36. The predicted molar refractivity (Wildman–Crippen MR) is 45.6 cm³/mol. The van der Waals surface area contributed by atoms with Crippen LogP contribution in [0.5, 0.6) is 0 Å². The van der Waals surface area contributed by atoms with Crippen LogP contribution in [-0.2, 0) is 0 Å². The minimum absolute atomic E-state index is 0.123. The smallest absolute Gasteiger partial charge is 0.321 e. The highest BCUT2D eigenvalue weighted by Gasteiger charge is 2.40. The number of rotatable bonds is 0. The van der Waals surface area contributed by atoms with Gasteiger partial charge in [-0.05, 0) is 0 Å². The molecule has 1 aliphatic rings. The minimum Gasteiger partial charge on any atom is -0.373 e. The van der Waals surface area contributed by atoms with E-state index in [4.69, 9.17) is 0 Å². The Balaban J connectivity index is 2.85. The van der Waals surface area contributed by atoms with Crippen LogP contribution in [0.25, 0.3) is 0 Å². The summed E-state index contributed by atoms with van der Waals surface area (Å²) in [7, 11) is 3.36. The Morgan fingerprint density at radius 3 is 2.50 bits per heavy atom. The van der Waals surface area contributed by atoms with Crippen LogP contribution in [-0.4, -0.2) is 47.8 Å². The molecule has 0 aromatic heterocycles. The Hall–Kier alpha value is -0.770. The first kappa shape index (κ1) is 9.32. The lowest BCUT2D eigenvalue weighted by Crippen LogP contribution is -2.59. The summed E-state index contributed by atoms with van der Waals surface area (Å²) in [5, 5.41) is 9.67. The lowest BCUT2D eigenvalue weighted by Gasteiger charge is -2.45. The van der Waals surface area contributed by atoms with Crippen LogP contribution in [0.2, 0.25) is 0 Å². The summed E-state index contributed by atoms with van der Waals surface area (Å²) < 4.78 is 0. The molecule has 0 spiro atoms. The van der Waals surface area contributed by atoms with Gasteiger partial charge < -0.3 is 14.9 Å². The van der Waals surface area contributed by atoms with Crippen molar-refractivity contribution in [2.75, 3.05) is 20.6 Å². The second-order valence-electron chi connectivity index (χ2n) is 4.11. The van der Waals surface area contributed by atoms with Crippen LogP contribution in [0, 0.1) is 5.41 Å². The van der Waals surface area contributed by atoms with E-state index >= 15 is 0 Å². The second kappa shape index (κ2) is 2.62. The molecular formula is C8H16N2O2. The quantitative estimate of drug-likeness (QED) is 0.572. The molecule has 1 unspecified atom stereocenters. The van der Waals surface area contributed by atoms with Gasteiger partial charge in [-0.3, -0.25) is 0 Å². The molecule has 1 rings (SSSR count). The zero-order valence-corrected chi connectivity index (χ0v) is 8.03. The van der Waals surface area contributed by atoms with E-state index in [1.807, 2.05) is 13.8 Å². The van der Waals surface area contributed by atoms with Crippen molar-refractivity contribution >= 4 is 6.03 Å². The monoisotopic (exact) mass is 172 g/mol. The Morgan fingerprint density at radius 1 is 1.50 bits per heavy atom. The lowest BCUT2D eigenvalue weighted by molar-refractivity contribution is -0.0816. The average molecular weight is 172 g/mol. The molecule has 0 aliphatic carbocycles. The maximum atomic E-state index is 11.3. The summed E-state index contributed by atoms with van der Waals surface area (Å²) in [6, 6.07) is -0.123. The fourth-order valence-corrected chi connectivity index (χ4v) is 1.66. The van der Waals surface area contributed by atoms with Crippen molar-refractivity contribution in [1.29, 1.82) is 0 Å². The van der Waals surface area contributed by atoms with Crippen LogP contribution in [0.4, 0.5) is 4.79 Å². The Bertz CT molecular complexity index is 203. The molecule has 1 saturated heterocycles. The van der Waals surface area contributed by atoms with Crippen molar-refractivity contribution in [3.05, 3.63) is 0 Å². The highest BCUT2D eigenvalue weighted by atomic mass is 16.3. The molecule has 0 saturated carbocycles. The Kier molecular flexibility index (Phi) is 2.04. The van der Waals surface area contributed by atoms with Gasteiger partial charge in [0.1, 0.15) is 6.23 Å². The molecule has 1 fully saturated rings. The summed E-state index contributed by atoms with van der Waals surface area (Å²) in [5.41, 5.74) is -0.253. The molecule has 4 nitrogen and oxygen atoms in total. The van der Waals surface area contributed by atoms with Crippen molar-refractivity contribution in [2.45, 2.75) is 20.1 Å². The molecule has 12 heavy (non-hydrogen) atoms. The molecule has 0 bridgehead atoms. The second-order valence-corrected chi connectivity index (χ2v) is 4.11. The molecule has 0 aromatic rings. The summed E-state index contributed by atoms with van der Waals surface area (Å²) in [6.07, 6.45) is -0.679. The fraction of sp³-hybridized carbons (Fsp3) is 0.875. The first-order valence-electron chi connectivity index (χ1n) is 4.02. The van der Waals surface area contributed by atoms with Gasteiger partial charge in [-0.25, -0.2) is 4.79 Å². The zero-order valence-electron chi connectivity index (χ0n) is 8.03. The van der Waals surface area contributed by atoms with E-state index < -0.39 is 6.23 Å². The summed E-state index contributed by atoms with van der Waals surface area (Å²) in [4.78, 5) is 14.3. The summed E-state index contributed by atoms with van der Waals surface area (Å²) >= 11 is 0. The molecule has 0 radical (unpaired) electrons. The van der Waals surface area contributed by atoms with E-state index in [-0.39, 0.29) is 11.4 Å². The molecule has 2 amide bonds. The largest absolute Gasteiger partial charge is 0.373 e. The number of hydrogen-bond acceptors (Lipinski definition) is 2. The molecule has 1 aliphatic heterocycles. The van der Waals surface area contributed by atoms with Gasteiger partial charge in [-0.2, -0.15) is 0 Å². The van der Waals surface area contributed by atoms with E-state index in [2.05, 4.69) is 0 Å². The van der Waals surface area contributed by atoms with Crippen LogP contribution in [0.3, 0.4) is 0 Å². The Labute approximate surface area is 72.8 Å². The van der Waals surface area contributed by atoms with Crippen molar-refractivity contribution < 1.29 is 9.90 Å². The number of hydrogen-bond donors (Lipinski definition) is 1. The number of amides is 2. The SMILES string of the molecule is CN1CC(C)(C)C(O)N(C)C1=O. The van der Waals surface area contributed by atoms with Crippen LogP contribution in [0.1, 0.15) is 13.8 Å². The number of urea groups is 1. The van der Waals surface area contributed by atoms with Gasteiger partial charge in [0.15, 0.2) is 0 Å². The van der Waals surface area contributed by atoms with Gasteiger partial charge in [0, 0.05) is 26.1 Å². The third-order valence-corrected chi connectivity index (χ3v) is 2.34. The normalized spacial score (nSPS) is 29.4. The van der Waals surface area contributed by atoms with E-state index in [1.165, 1.54) is 4.90 Å². The zero-order chi connectivity index (χ0) is 9.52. The van der Waals surface area contributed by atoms with Crippen molar-refractivity contribution in [1.82, 2.24) is 9.80 Å². The number of carbonyl (C=O) groups excluding carboxylic acids is 1. The van der Waals surface area contributed by atoms with Crippen molar-refractivity contribution in [2.24, 2.45) is 5.41 Å². The molecule has 1 atom stereocenters. The van der Waals surface area contributed by atoms with E-state index in [0.29, 0.717) is 6.54 Å². The Morgan fingerprint density at radius 2 is 2.00 bits per heavy atom. The van der Waals surface area contributed by atoms with Crippen LogP contribution in [0.15, 0.2) is 0 Å². The molecule has 1 heterocycles.